The van der Waals surface area contributed by atoms with Crippen LogP contribution in [-0.2, 0) is 0 Å². The van der Waals surface area contributed by atoms with Gasteiger partial charge in [-0.1, -0.05) is 6.42 Å². The van der Waals surface area contributed by atoms with Crippen molar-refractivity contribution in [2.24, 2.45) is 0 Å². The number of hydrogen-bond donors (Lipinski definition) is 1. The van der Waals surface area contributed by atoms with Crippen LogP contribution in [0.2, 0.25) is 0 Å². The molecule has 1 aliphatic rings. The van der Waals surface area contributed by atoms with E-state index in [2.05, 4.69) is 16.6 Å². The summed E-state index contributed by atoms with van der Waals surface area (Å²) in [4.78, 5) is 14.8. The van der Waals surface area contributed by atoms with Gasteiger partial charge in [-0.25, -0.2) is 4.98 Å². The van der Waals surface area contributed by atoms with E-state index in [0.717, 1.165) is 12.2 Å². The molecule has 2 rings (SSSR count). The smallest absolute Gasteiger partial charge is 0.311 e. The Kier molecular flexibility index (Phi) is 3.75. The van der Waals surface area contributed by atoms with Crippen LogP contribution >= 0.6 is 11.8 Å². The number of thioether (sulfide) groups is 1. The Morgan fingerprint density at radius 2 is 2.28 bits per heavy atom. The molecule has 0 amide bonds. The van der Waals surface area contributed by atoms with Crippen LogP contribution in [0.15, 0.2) is 12.1 Å². The molecule has 1 aromatic heterocycles. The zero-order valence-electron chi connectivity index (χ0n) is 10.6. The van der Waals surface area contributed by atoms with Crippen LogP contribution in [0, 0.1) is 17.0 Å². The summed E-state index contributed by atoms with van der Waals surface area (Å²) in [6.45, 7) is 2.58. The van der Waals surface area contributed by atoms with Gasteiger partial charge in [-0.05, 0) is 32.1 Å². The maximum Gasteiger partial charge on any atom is 0.311 e. The van der Waals surface area contributed by atoms with E-state index in [4.69, 9.17) is 0 Å². The van der Waals surface area contributed by atoms with Gasteiger partial charge in [0.1, 0.15) is 0 Å². The van der Waals surface area contributed by atoms with Crippen molar-refractivity contribution in [2.45, 2.75) is 30.9 Å². The Labute approximate surface area is 111 Å². The lowest BCUT2D eigenvalue weighted by atomic mass is 9.84. The van der Waals surface area contributed by atoms with Crippen LogP contribution in [0.3, 0.4) is 0 Å². The van der Waals surface area contributed by atoms with Crippen LogP contribution in [0.4, 0.5) is 11.5 Å². The van der Waals surface area contributed by atoms with Crippen molar-refractivity contribution in [1.82, 2.24) is 4.98 Å². The third-order valence-corrected chi connectivity index (χ3v) is 4.90. The Bertz CT molecular complexity index is 455. The second-order valence-corrected chi connectivity index (χ2v) is 5.95. The highest BCUT2D eigenvalue weighted by Crippen LogP contribution is 2.43. The maximum absolute atomic E-state index is 10.9. The number of nitro groups is 1. The fraction of sp³-hybridized carbons (Fsp3) is 0.583. The average Bonchev–Trinajstić information content (AvgIpc) is 2.28. The molecule has 0 unspecified atom stereocenters. The molecule has 0 atom stereocenters. The second kappa shape index (κ2) is 5.14. The second-order valence-electron chi connectivity index (χ2n) is 4.67. The van der Waals surface area contributed by atoms with Crippen molar-refractivity contribution in [3.63, 3.8) is 0 Å². The first-order chi connectivity index (χ1) is 8.56. The van der Waals surface area contributed by atoms with Gasteiger partial charge in [0.05, 0.1) is 4.92 Å². The molecule has 0 aromatic carbocycles. The van der Waals surface area contributed by atoms with E-state index in [1.54, 1.807) is 6.07 Å². The fourth-order valence-electron chi connectivity index (χ4n) is 2.10. The first-order valence-electron chi connectivity index (χ1n) is 5.97. The third kappa shape index (κ3) is 2.58. The molecule has 1 aliphatic carbocycles. The highest BCUT2D eigenvalue weighted by molar-refractivity contribution is 8.00. The van der Waals surface area contributed by atoms with Crippen LogP contribution in [0.5, 0.6) is 0 Å². The molecule has 6 heteroatoms. The Morgan fingerprint density at radius 1 is 1.56 bits per heavy atom. The predicted molar refractivity (Wildman–Crippen MR) is 74.2 cm³/mol. The van der Waals surface area contributed by atoms with Crippen LogP contribution in [0.25, 0.3) is 0 Å². The Morgan fingerprint density at radius 3 is 2.78 bits per heavy atom. The highest BCUT2D eigenvalue weighted by Gasteiger charge is 2.36. The van der Waals surface area contributed by atoms with Crippen molar-refractivity contribution in [3.8, 4) is 0 Å². The van der Waals surface area contributed by atoms with Crippen molar-refractivity contribution < 1.29 is 4.92 Å². The molecule has 0 saturated heterocycles. The lowest BCUT2D eigenvalue weighted by molar-refractivity contribution is -0.384. The zero-order valence-corrected chi connectivity index (χ0v) is 11.4. The van der Waals surface area contributed by atoms with E-state index in [0.29, 0.717) is 5.82 Å². The van der Waals surface area contributed by atoms with Gasteiger partial charge in [0.15, 0.2) is 0 Å². The molecule has 0 bridgehead atoms. The number of nitrogens with zero attached hydrogens (tertiary/aromatic N) is 2. The highest BCUT2D eigenvalue weighted by atomic mass is 32.2. The number of hydrogen-bond acceptors (Lipinski definition) is 5. The van der Waals surface area contributed by atoms with Gasteiger partial charge in [0.2, 0.25) is 5.82 Å². The van der Waals surface area contributed by atoms with Gasteiger partial charge in [-0.15, -0.1) is 0 Å². The lowest BCUT2D eigenvalue weighted by Crippen LogP contribution is -2.40. The van der Waals surface area contributed by atoms with Gasteiger partial charge in [-0.2, -0.15) is 11.8 Å². The Hall–Kier alpha value is -1.30. The van der Waals surface area contributed by atoms with E-state index in [9.17, 15) is 10.1 Å². The summed E-state index contributed by atoms with van der Waals surface area (Å²) in [6.07, 6.45) is 5.67. The molecule has 1 N–H and O–H groups in total. The molecule has 0 aliphatic heterocycles. The normalized spacial score (nSPS) is 17.0. The average molecular weight is 267 g/mol. The van der Waals surface area contributed by atoms with E-state index in [1.165, 1.54) is 25.3 Å². The van der Waals surface area contributed by atoms with Crippen molar-refractivity contribution in [1.29, 1.82) is 0 Å². The molecule has 98 valence electrons. The first kappa shape index (κ1) is 13.1. The standard InChI is InChI=1S/C12H17N3O2S/c1-9-4-5-10(15(16)17)11(14-9)13-8-12(18-2)6-3-7-12/h4-5H,3,6-8H2,1-2H3,(H,13,14). The van der Waals surface area contributed by atoms with E-state index in [-0.39, 0.29) is 15.4 Å². The van der Waals surface area contributed by atoms with Gasteiger partial charge < -0.3 is 5.32 Å². The van der Waals surface area contributed by atoms with Gasteiger partial charge >= 0.3 is 5.69 Å². The minimum absolute atomic E-state index is 0.0520. The lowest BCUT2D eigenvalue weighted by Gasteiger charge is -2.40. The quantitative estimate of drug-likeness (QED) is 0.656. The molecule has 18 heavy (non-hydrogen) atoms. The summed E-state index contributed by atoms with van der Waals surface area (Å²) < 4.78 is 0.235. The molecule has 1 fully saturated rings. The molecule has 0 radical (unpaired) electrons. The van der Waals surface area contributed by atoms with E-state index >= 15 is 0 Å². The topological polar surface area (TPSA) is 68.1 Å². The summed E-state index contributed by atoms with van der Waals surface area (Å²) in [7, 11) is 0. The molecule has 1 aromatic rings. The summed E-state index contributed by atoms with van der Waals surface area (Å²) in [6, 6.07) is 3.17. The number of pyridine rings is 1. The number of aryl methyl sites for hydroxylation is 1. The largest absolute Gasteiger partial charge is 0.363 e. The van der Waals surface area contributed by atoms with Crippen molar-refractivity contribution in [3.05, 3.63) is 27.9 Å². The monoisotopic (exact) mass is 267 g/mol. The minimum Gasteiger partial charge on any atom is -0.363 e. The predicted octanol–water partition coefficient (Wildman–Crippen LogP) is 3.00. The molecular weight excluding hydrogens is 250 g/mol. The van der Waals surface area contributed by atoms with Crippen LogP contribution in [-0.4, -0.2) is 27.5 Å². The summed E-state index contributed by atoms with van der Waals surface area (Å²) in [5.41, 5.74) is 0.839. The molecule has 1 saturated carbocycles. The number of rotatable bonds is 5. The summed E-state index contributed by atoms with van der Waals surface area (Å²) >= 11 is 1.84. The molecular formula is C12H17N3O2S. The maximum atomic E-state index is 10.9. The molecule has 1 heterocycles. The molecule has 0 spiro atoms. The van der Waals surface area contributed by atoms with Crippen molar-refractivity contribution in [2.75, 3.05) is 18.1 Å². The zero-order chi connectivity index (χ0) is 13.2. The number of anilines is 1. The minimum atomic E-state index is -0.388. The van der Waals surface area contributed by atoms with Crippen molar-refractivity contribution >= 4 is 23.3 Å². The third-order valence-electron chi connectivity index (χ3n) is 3.49. The van der Waals surface area contributed by atoms with Gasteiger partial charge in [0, 0.05) is 23.1 Å². The van der Waals surface area contributed by atoms with E-state index < -0.39 is 0 Å². The van der Waals surface area contributed by atoms with Crippen LogP contribution in [0.1, 0.15) is 25.0 Å². The Balaban J connectivity index is 2.12. The first-order valence-corrected chi connectivity index (χ1v) is 7.20. The van der Waals surface area contributed by atoms with Gasteiger partial charge in [0.25, 0.3) is 0 Å². The van der Waals surface area contributed by atoms with Crippen LogP contribution < -0.4 is 5.32 Å². The summed E-state index contributed by atoms with van der Waals surface area (Å²) in [5.74, 6) is 0.389. The number of aromatic nitrogens is 1. The summed E-state index contributed by atoms with van der Waals surface area (Å²) in [5, 5.41) is 14.1. The van der Waals surface area contributed by atoms with E-state index in [1.807, 2.05) is 18.7 Å². The van der Waals surface area contributed by atoms with Gasteiger partial charge in [-0.3, -0.25) is 10.1 Å². The molecule has 5 nitrogen and oxygen atoms in total. The number of nitrogens with one attached hydrogen (secondary N) is 1. The SMILES string of the molecule is CSC1(CNc2nc(C)ccc2[N+](=O)[O-])CCC1. The fourth-order valence-corrected chi connectivity index (χ4v) is 3.01.